The number of halogens is 2. The van der Waals surface area contributed by atoms with Gasteiger partial charge in [-0.3, -0.25) is 43.1 Å². The number of aryl methyl sites for hydroxylation is 2. The van der Waals surface area contributed by atoms with Gasteiger partial charge in [-0.25, -0.2) is 13.6 Å². The zero-order chi connectivity index (χ0) is 49.0. The van der Waals surface area contributed by atoms with Gasteiger partial charge < -0.3 is 20.4 Å². The number of anilines is 2. The van der Waals surface area contributed by atoms with Crippen molar-refractivity contribution in [1.82, 2.24) is 34.4 Å². The Morgan fingerprint density at radius 3 is 2.31 bits per heavy atom. The van der Waals surface area contributed by atoms with Gasteiger partial charge in [-0.2, -0.15) is 5.10 Å². The standard InChI is InChI=1S/C53H51F2N9O6/c1-56-50(67)33-6-4-7-34(27-33)57-52(69)49-47-42(61(3)59-49)16-14-38(48(47)55)37-13-11-35(63-22-5-8-46(63)66)29-39(37)32-10-12-36(40(54)28-32)31-20-24-62(25-21-31)23-19-30-9-15-41-44(26-30)60(2)53(70)64(41)43-17-18-45(65)58-51(43)68/h4,6-7,9-16,26-29,31,43H,5,8,17-25H2,1-3H3,(H,56,67)(H,57,69)(H,58,65,68). The Morgan fingerprint density at radius 1 is 0.786 bits per heavy atom. The number of carbonyl (C=O) groups excluding carboxylic acids is 5. The summed E-state index contributed by atoms with van der Waals surface area (Å²) in [5.74, 6) is -2.94. The van der Waals surface area contributed by atoms with E-state index >= 15 is 8.78 Å². The van der Waals surface area contributed by atoms with Gasteiger partial charge in [-0.1, -0.05) is 30.3 Å². The molecule has 1 atom stereocenters. The van der Waals surface area contributed by atoms with E-state index in [-0.39, 0.29) is 64.6 Å². The Balaban J connectivity index is 0.881. The highest BCUT2D eigenvalue weighted by atomic mass is 19.1. The molecule has 2 aromatic heterocycles. The number of imidazole rings is 1. The molecule has 3 saturated heterocycles. The van der Waals surface area contributed by atoms with Crippen molar-refractivity contribution in [2.24, 2.45) is 14.1 Å². The minimum atomic E-state index is -0.748. The van der Waals surface area contributed by atoms with Crippen LogP contribution in [-0.4, -0.2) is 86.6 Å². The molecule has 5 heterocycles. The molecule has 0 aliphatic carbocycles. The number of amides is 5. The second kappa shape index (κ2) is 18.6. The largest absolute Gasteiger partial charge is 0.355 e. The van der Waals surface area contributed by atoms with Crippen LogP contribution in [0.1, 0.15) is 82.5 Å². The number of benzene rings is 5. The molecule has 0 saturated carbocycles. The summed E-state index contributed by atoms with van der Waals surface area (Å²) < 4.78 is 38.2. The Kier molecular flexibility index (Phi) is 12.2. The van der Waals surface area contributed by atoms with Crippen LogP contribution in [0.5, 0.6) is 0 Å². The van der Waals surface area contributed by atoms with Crippen LogP contribution in [0, 0.1) is 11.6 Å². The number of nitrogens with zero attached hydrogens (tertiary/aromatic N) is 6. The van der Waals surface area contributed by atoms with E-state index in [9.17, 15) is 28.8 Å². The summed E-state index contributed by atoms with van der Waals surface area (Å²) in [6.45, 7) is 2.81. The van der Waals surface area contributed by atoms with E-state index in [0.717, 1.165) is 44.5 Å². The van der Waals surface area contributed by atoms with Crippen LogP contribution in [0.4, 0.5) is 20.2 Å². The number of hydrogen-bond acceptors (Lipinski definition) is 8. The quantitative estimate of drug-likeness (QED) is 0.117. The normalized spacial score (nSPS) is 16.9. The van der Waals surface area contributed by atoms with Crippen LogP contribution >= 0.6 is 0 Å². The second-order valence-electron chi connectivity index (χ2n) is 18.4. The van der Waals surface area contributed by atoms with E-state index in [4.69, 9.17) is 0 Å². The molecule has 7 aromatic rings. The zero-order valence-electron chi connectivity index (χ0n) is 39.0. The number of fused-ring (bicyclic) bond motifs is 2. The minimum Gasteiger partial charge on any atom is -0.355 e. The van der Waals surface area contributed by atoms with E-state index < -0.39 is 23.7 Å². The summed E-state index contributed by atoms with van der Waals surface area (Å²) in [5.41, 5.74) is 5.81. The molecule has 0 spiro atoms. The van der Waals surface area contributed by atoms with Gasteiger partial charge in [0.25, 0.3) is 11.8 Å². The van der Waals surface area contributed by atoms with Crippen molar-refractivity contribution in [2.75, 3.05) is 43.4 Å². The molecule has 0 bridgehead atoms. The molecule has 10 rings (SSSR count). The van der Waals surface area contributed by atoms with Crippen LogP contribution in [0.3, 0.4) is 0 Å². The molecule has 3 fully saturated rings. The van der Waals surface area contributed by atoms with Gasteiger partial charge in [0.05, 0.1) is 21.9 Å². The van der Waals surface area contributed by atoms with Crippen LogP contribution in [0.2, 0.25) is 0 Å². The maximum absolute atomic E-state index is 17.2. The molecule has 15 nitrogen and oxygen atoms in total. The first-order chi connectivity index (χ1) is 33.8. The lowest BCUT2D eigenvalue weighted by Crippen LogP contribution is -2.44. The molecule has 1 unspecified atom stereocenters. The highest BCUT2D eigenvalue weighted by molar-refractivity contribution is 6.12. The average Bonchev–Trinajstić information content (AvgIpc) is 4.03. The fourth-order valence-electron chi connectivity index (χ4n) is 10.4. The summed E-state index contributed by atoms with van der Waals surface area (Å²) >= 11 is 0. The molecular formula is C53H51F2N9O6. The number of rotatable bonds is 11. The summed E-state index contributed by atoms with van der Waals surface area (Å²) in [4.78, 5) is 80.7. The number of likely N-dealkylation sites (tertiary alicyclic amines) is 1. The third-order valence-electron chi connectivity index (χ3n) is 14.2. The summed E-state index contributed by atoms with van der Waals surface area (Å²) in [5, 5.41) is 12.0. The van der Waals surface area contributed by atoms with Crippen molar-refractivity contribution in [2.45, 2.75) is 56.9 Å². The highest BCUT2D eigenvalue weighted by Crippen LogP contribution is 2.41. The molecule has 3 N–H and O–H groups in total. The van der Waals surface area contributed by atoms with Gasteiger partial charge in [-0.05, 0) is 140 Å². The van der Waals surface area contributed by atoms with E-state index in [2.05, 4.69) is 25.9 Å². The van der Waals surface area contributed by atoms with Gasteiger partial charge in [0, 0.05) is 69.6 Å². The number of nitrogens with one attached hydrogen (secondary N) is 3. The number of imide groups is 1. The molecule has 3 aliphatic rings. The molecule has 0 radical (unpaired) electrons. The summed E-state index contributed by atoms with van der Waals surface area (Å²) in [6, 6.07) is 25.2. The van der Waals surface area contributed by atoms with Crippen molar-refractivity contribution in [3.05, 3.63) is 135 Å². The van der Waals surface area contributed by atoms with Crippen LogP contribution in [0.15, 0.2) is 95.8 Å². The lowest BCUT2D eigenvalue weighted by atomic mass is 9.86. The Hall–Kier alpha value is -7.79. The van der Waals surface area contributed by atoms with Crippen LogP contribution < -0.4 is 26.5 Å². The Morgan fingerprint density at radius 2 is 1.57 bits per heavy atom. The first-order valence-corrected chi connectivity index (χ1v) is 23.6. The number of hydrogen-bond donors (Lipinski definition) is 3. The molecule has 5 aromatic carbocycles. The van der Waals surface area contributed by atoms with E-state index in [1.54, 1.807) is 67.5 Å². The number of aromatic nitrogens is 4. The van der Waals surface area contributed by atoms with E-state index in [1.807, 2.05) is 30.3 Å². The fourth-order valence-corrected chi connectivity index (χ4v) is 10.4. The lowest BCUT2D eigenvalue weighted by Gasteiger charge is -2.32. The molecule has 17 heteroatoms. The minimum absolute atomic E-state index is 0.00712. The lowest BCUT2D eigenvalue weighted by molar-refractivity contribution is -0.135. The maximum Gasteiger partial charge on any atom is 0.329 e. The van der Waals surface area contributed by atoms with Crippen molar-refractivity contribution in [3.8, 4) is 22.3 Å². The highest BCUT2D eigenvalue weighted by Gasteiger charge is 2.32. The van der Waals surface area contributed by atoms with Gasteiger partial charge in [0.2, 0.25) is 17.7 Å². The third-order valence-corrected chi connectivity index (χ3v) is 14.2. The predicted molar refractivity (Wildman–Crippen MR) is 262 cm³/mol. The second-order valence-corrected chi connectivity index (χ2v) is 18.4. The van der Waals surface area contributed by atoms with Gasteiger partial charge in [0.15, 0.2) is 5.69 Å². The van der Waals surface area contributed by atoms with Gasteiger partial charge in [0.1, 0.15) is 17.7 Å². The van der Waals surface area contributed by atoms with Crippen molar-refractivity contribution >= 4 is 62.8 Å². The monoisotopic (exact) mass is 947 g/mol. The fraction of sp³-hybridized carbons (Fsp3) is 0.302. The summed E-state index contributed by atoms with van der Waals surface area (Å²) in [7, 11) is 4.81. The molecule has 3 aliphatic heterocycles. The van der Waals surface area contributed by atoms with Crippen molar-refractivity contribution in [3.63, 3.8) is 0 Å². The molecule has 358 valence electrons. The Labute approximate surface area is 401 Å². The van der Waals surface area contributed by atoms with Crippen LogP contribution in [0.25, 0.3) is 44.2 Å². The van der Waals surface area contributed by atoms with E-state index in [1.165, 1.54) is 33.0 Å². The number of carbonyl (C=O) groups is 5. The van der Waals surface area contributed by atoms with Crippen molar-refractivity contribution < 1.29 is 32.8 Å². The molecule has 5 amide bonds. The molecule has 70 heavy (non-hydrogen) atoms. The smallest absolute Gasteiger partial charge is 0.329 e. The Bertz CT molecular complexity index is 3370. The number of piperidine rings is 2. The van der Waals surface area contributed by atoms with Gasteiger partial charge >= 0.3 is 5.69 Å². The third kappa shape index (κ3) is 8.43. The zero-order valence-corrected chi connectivity index (χ0v) is 39.0. The molecular weight excluding hydrogens is 897 g/mol. The average molecular weight is 948 g/mol. The summed E-state index contributed by atoms with van der Waals surface area (Å²) in [6.07, 6.45) is 3.75. The van der Waals surface area contributed by atoms with Crippen LogP contribution in [-0.2, 0) is 34.9 Å². The SMILES string of the molecule is CNC(=O)c1cccc(NC(=O)c2nn(C)c3ccc(-c4ccc(N5CCCC5=O)cc4-c4ccc(C5CCN(CCc6ccc7c(c6)n(C)c(=O)n7C6CCC(=O)NC6=O)CC5)c(F)c4)c(F)c23)c1. The van der Waals surface area contributed by atoms with Gasteiger partial charge in [-0.15, -0.1) is 0 Å². The first-order valence-electron chi connectivity index (χ1n) is 23.6. The van der Waals surface area contributed by atoms with Crippen molar-refractivity contribution in [1.29, 1.82) is 0 Å². The topological polar surface area (TPSA) is 173 Å². The first kappa shape index (κ1) is 46.0. The predicted octanol–water partition coefficient (Wildman–Crippen LogP) is 6.98. The van der Waals surface area contributed by atoms with E-state index in [0.29, 0.717) is 75.1 Å². The maximum atomic E-state index is 17.2.